The van der Waals surface area contributed by atoms with Gasteiger partial charge in [0, 0.05) is 13.1 Å². The zero-order chi connectivity index (χ0) is 17.7. The molecule has 1 aromatic carbocycles. The zero-order valence-corrected chi connectivity index (χ0v) is 13.9. The molecule has 0 radical (unpaired) electrons. The van der Waals surface area contributed by atoms with E-state index in [-0.39, 0.29) is 37.2 Å². The monoisotopic (exact) mass is 384 g/mol. The van der Waals surface area contributed by atoms with Gasteiger partial charge in [0.15, 0.2) is 0 Å². The Morgan fingerprint density at radius 2 is 2.00 bits per heavy atom. The number of rotatable bonds is 6. The van der Waals surface area contributed by atoms with Gasteiger partial charge in [-0.3, -0.25) is 4.79 Å². The lowest BCUT2D eigenvalue weighted by atomic mass is 10.2. The van der Waals surface area contributed by atoms with Gasteiger partial charge < -0.3 is 25.6 Å². The van der Waals surface area contributed by atoms with Crippen molar-refractivity contribution < 1.29 is 32.9 Å². The highest BCUT2D eigenvalue weighted by atomic mass is 35.5. The molecular formula is C15H20ClF3N2O4. The molecule has 1 saturated heterocycles. The van der Waals surface area contributed by atoms with E-state index < -0.39 is 30.0 Å². The predicted molar refractivity (Wildman–Crippen MR) is 85.6 cm³/mol. The number of aliphatic hydroxyl groups excluding tert-OH is 2. The first-order chi connectivity index (χ1) is 11.3. The van der Waals surface area contributed by atoms with Gasteiger partial charge in [-0.15, -0.1) is 12.4 Å². The fourth-order valence-electron chi connectivity index (χ4n) is 2.25. The fourth-order valence-corrected chi connectivity index (χ4v) is 2.25. The van der Waals surface area contributed by atoms with E-state index in [2.05, 4.69) is 10.6 Å². The molecule has 25 heavy (non-hydrogen) atoms. The van der Waals surface area contributed by atoms with E-state index in [1.54, 1.807) is 0 Å². The van der Waals surface area contributed by atoms with Crippen molar-refractivity contribution in [2.75, 3.05) is 19.7 Å². The topological polar surface area (TPSA) is 90.8 Å². The van der Waals surface area contributed by atoms with Gasteiger partial charge in [0.05, 0.1) is 17.7 Å². The number of carbonyl (C=O) groups excluding carboxylic acids is 1. The maximum Gasteiger partial charge on any atom is 0.416 e. The second-order valence-electron chi connectivity index (χ2n) is 5.58. The molecule has 3 atom stereocenters. The lowest BCUT2D eigenvalue weighted by Crippen LogP contribution is -2.44. The second-order valence-corrected chi connectivity index (χ2v) is 5.58. The molecule has 0 spiro atoms. The molecular weight excluding hydrogens is 365 g/mol. The van der Waals surface area contributed by atoms with Crippen molar-refractivity contribution in [2.24, 2.45) is 0 Å². The summed E-state index contributed by atoms with van der Waals surface area (Å²) in [5.74, 6) is -0.144. The van der Waals surface area contributed by atoms with Gasteiger partial charge in [-0.05, 0) is 30.7 Å². The van der Waals surface area contributed by atoms with Gasteiger partial charge in [0.2, 0.25) is 5.91 Å². The largest absolute Gasteiger partial charge is 0.491 e. The number of carbonyl (C=O) groups is 1. The first-order valence-electron chi connectivity index (χ1n) is 7.43. The minimum absolute atomic E-state index is 0. The molecule has 6 nitrogen and oxygen atoms in total. The molecule has 0 bridgehead atoms. The first-order valence-corrected chi connectivity index (χ1v) is 7.43. The Morgan fingerprint density at radius 1 is 1.36 bits per heavy atom. The molecule has 1 aliphatic rings. The average Bonchev–Trinajstić information content (AvgIpc) is 2.96. The van der Waals surface area contributed by atoms with Crippen LogP contribution in [0.4, 0.5) is 13.2 Å². The summed E-state index contributed by atoms with van der Waals surface area (Å²) in [4.78, 5) is 11.8. The van der Waals surface area contributed by atoms with Crippen LogP contribution in [0.25, 0.3) is 0 Å². The number of ether oxygens (including phenoxy) is 1. The van der Waals surface area contributed by atoms with E-state index in [0.717, 1.165) is 24.3 Å². The van der Waals surface area contributed by atoms with Gasteiger partial charge in [-0.1, -0.05) is 0 Å². The minimum atomic E-state index is -4.41. The molecule has 0 aliphatic carbocycles. The van der Waals surface area contributed by atoms with Gasteiger partial charge in [-0.25, -0.2) is 0 Å². The number of amides is 1. The number of β-amino-alcohol motifs (C(OH)–C–C–N with tert-alkyl or cyclic N) is 1. The van der Waals surface area contributed by atoms with E-state index >= 15 is 0 Å². The van der Waals surface area contributed by atoms with E-state index in [1.165, 1.54) is 0 Å². The van der Waals surface area contributed by atoms with Gasteiger partial charge in [0.25, 0.3) is 0 Å². The third kappa shape index (κ3) is 6.69. The summed E-state index contributed by atoms with van der Waals surface area (Å²) in [6.45, 7) is 0.109. The van der Waals surface area contributed by atoms with E-state index in [4.69, 9.17) is 4.74 Å². The smallest absolute Gasteiger partial charge is 0.416 e. The van der Waals surface area contributed by atoms with Crippen LogP contribution in [0.5, 0.6) is 5.75 Å². The molecule has 1 fully saturated rings. The van der Waals surface area contributed by atoms with Crippen molar-refractivity contribution in [1.29, 1.82) is 0 Å². The highest BCUT2D eigenvalue weighted by Crippen LogP contribution is 2.30. The van der Waals surface area contributed by atoms with Crippen LogP contribution in [0.1, 0.15) is 12.0 Å². The van der Waals surface area contributed by atoms with E-state index in [1.807, 2.05) is 0 Å². The Morgan fingerprint density at radius 3 is 2.52 bits per heavy atom. The summed E-state index contributed by atoms with van der Waals surface area (Å²) in [6, 6.07) is 3.61. The average molecular weight is 385 g/mol. The normalized spacial score (nSPS) is 21.3. The van der Waals surface area contributed by atoms with Gasteiger partial charge >= 0.3 is 6.18 Å². The second kappa shape index (κ2) is 9.23. The number of aliphatic hydroxyl groups is 2. The third-order valence-electron chi connectivity index (χ3n) is 3.56. The van der Waals surface area contributed by atoms with Gasteiger partial charge in [-0.2, -0.15) is 13.2 Å². The zero-order valence-electron chi connectivity index (χ0n) is 13.1. The molecule has 10 heteroatoms. The van der Waals surface area contributed by atoms with Crippen LogP contribution in [0.15, 0.2) is 24.3 Å². The van der Waals surface area contributed by atoms with Crippen molar-refractivity contribution in [3.8, 4) is 5.75 Å². The van der Waals surface area contributed by atoms with Crippen LogP contribution in [-0.2, 0) is 11.0 Å². The number of hydrogen-bond donors (Lipinski definition) is 4. The van der Waals surface area contributed by atoms with Crippen LogP contribution < -0.4 is 15.4 Å². The summed E-state index contributed by atoms with van der Waals surface area (Å²) in [7, 11) is 0. The number of benzene rings is 1. The SMILES string of the molecule is Cl.O=C(NCC(O)COc1ccc(C(F)(F)F)cc1)C1CC(O)CN1. The van der Waals surface area contributed by atoms with Crippen molar-refractivity contribution >= 4 is 18.3 Å². The lowest BCUT2D eigenvalue weighted by Gasteiger charge is -2.16. The summed E-state index contributed by atoms with van der Waals surface area (Å²) in [5, 5.41) is 24.4. The third-order valence-corrected chi connectivity index (χ3v) is 3.56. The maximum absolute atomic E-state index is 12.4. The highest BCUT2D eigenvalue weighted by Gasteiger charge is 2.30. The minimum Gasteiger partial charge on any atom is -0.491 e. The molecule has 3 unspecified atom stereocenters. The van der Waals surface area contributed by atoms with Crippen LogP contribution in [0.3, 0.4) is 0 Å². The summed E-state index contributed by atoms with van der Waals surface area (Å²) in [6.07, 6.45) is -5.68. The molecule has 1 amide bonds. The number of hydrogen-bond acceptors (Lipinski definition) is 5. The lowest BCUT2D eigenvalue weighted by molar-refractivity contribution is -0.137. The summed E-state index contributed by atoms with van der Waals surface area (Å²) < 4.78 is 42.4. The van der Waals surface area contributed by atoms with Crippen LogP contribution >= 0.6 is 12.4 Å². The summed E-state index contributed by atoms with van der Waals surface area (Å²) in [5.41, 5.74) is -0.783. The quantitative estimate of drug-likeness (QED) is 0.580. The van der Waals surface area contributed by atoms with Crippen LogP contribution in [-0.4, -0.2) is 54.1 Å². The van der Waals surface area contributed by atoms with Crippen molar-refractivity contribution in [2.45, 2.75) is 30.8 Å². The molecule has 0 saturated carbocycles. The fraction of sp³-hybridized carbons (Fsp3) is 0.533. The molecule has 1 aromatic rings. The molecule has 142 valence electrons. The van der Waals surface area contributed by atoms with Crippen LogP contribution in [0.2, 0.25) is 0 Å². The Bertz CT molecular complexity index is 557. The Balaban J connectivity index is 0.00000312. The number of halogens is 4. The maximum atomic E-state index is 12.4. The first kappa shape index (κ1) is 21.5. The molecule has 0 aromatic heterocycles. The molecule has 2 rings (SSSR count). The predicted octanol–water partition coefficient (Wildman–Crippen LogP) is 0.706. The van der Waals surface area contributed by atoms with E-state index in [0.29, 0.717) is 13.0 Å². The number of alkyl halides is 3. The Labute approximate surface area is 148 Å². The van der Waals surface area contributed by atoms with Crippen molar-refractivity contribution in [3.05, 3.63) is 29.8 Å². The van der Waals surface area contributed by atoms with Crippen molar-refractivity contribution in [3.63, 3.8) is 0 Å². The number of nitrogens with one attached hydrogen (secondary N) is 2. The van der Waals surface area contributed by atoms with E-state index in [9.17, 15) is 28.2 Å². The Kier molecular flexibility index (Phi) is 7.94. The standard InChI is InChI=1S/C15H19F3N2O4.ClH/c16-15(17,18)9-1-3-12(4-2-9)24-8-11(22)7-20-14(23)13-5-10(21)6-19-13;/h1-4,10-11,13,19,21-22H,5-8H2,(H,20,23);1H. The molecule has 4 N–H and O–H groups in total. The van der Waals surface area contributed by atoms with Crippen molar-refractivity contribution in [1.82, 2.24) is 10.6 Å². The molecule has 1 aliphatic heterocycles. The van der Waals surface area contributed by atoms with Crippen LogP contribution in [0, 0.1) is 0 Å². The van der Waals surface area contributed by atoms with Gasteiger partial charge in [0.1, 0.15) is 18.5 Å². The summed E-state index contributed by atoms with van der Waals surface area (Å²) >= 11 is 0. The molecule has 1 heterocycles. The highest BCUT2D eigenvalue weighted by molar-refractivity contribution is 5.85. The Hall–Kier alpha value is -1.55.